The monoisotopic (exact) mass is 360 g/mol. The standard InChI is InChI=1S/C15H21BrO3S/c1-15(17,11-6-8-13(16)9-7-11)12-4-3-5-14(10-12)20(2,18)19/h6-9,12,14,17H,3-5,10H2,1-2H3. The van der Waals surface area contributed by atoms with Crippen LogP contribution in [0, 0.1) is 5.92 Å². The molecule has 3 unspecified atom stereocenters. The fraction of sp³-hybridized carbons (Fsp3) is 0.600. The molecule has 1 aromatic carbocycles. The third kappa shape index (κ3) is 3.43. The maximum Gasteiger partial charge on any atom is 0.150 e. The summed E-state index contributed by atoms with van der Waals surface area (Å²) in [6.07, 6.45) is 4.28. The van der Waals surface area contributed by atoms with Gasteiger partial charge in [-0.05, 0) is 49.8 Å². The van der Waals surface area contributed by atoms with E-state index in [-0.39, 0.29) is 11.2 Å². The first-order valence-corrected chi connectivity index (χ1v) is 9.63. The summed E-state index contributed by atoms with van der Waals surface area (Å²) in [6.45, 7) is 1.80. The highest BCUT2D eigenvalue weighted by molar-refractivity contribution is 9.10. The van der Waals surface area contributed by atoms with Crippen molar-refractivity contribution >= 4 is 25.8 Å². The molecule has 112 valence electrons. The second-order valence-corrected chi connectivity index (χ2v) is 9.21. The number of hydrogen-bond donors (Lipinski definition) is 1. The van der Waals surface area contributed by atoms with Gasteiger partial charge in [0.2, 0.25) is 0 Å². The fourth-order valence-electron chi connectivity index (χ4n) is 3.07. The van der Waals surface area contributed by atoms with E-state index in [4.69, 9.17) is 0 Å². The van der Waals surface area contributed by atoms with Gasteiger partial charge in [-0.3, -0.25) is 0 Å². The van der Waals surface area contributed by atoms with E-state index >= 15 is 0 Å². The van der Waals surface area contributed by atoms with E-state index in [0.29, 0.717) is 12.8 Å². The van der Waals surface area contributed by atoms with Crippen LogP contribution in [0.2, 0.25) is 0 Å². The van der Waals surface area contributed by atoms with E-state index in [1.54, 1.807) is 6.92 Å². The molecule has 1 saturated carbocycles. The third-order valence-corrected chi connectivity index (χ3v) is 6.62. The molecule has 3 nitrogen and oxygen atoms in total. The van der Waals surface area contributed by atoms with Gasteiger partial charge in [-0.15, -0.1) is 0 Å². The van der Waals surface area contributed by atoms with Crippen molar-refractivity contribution in [2.45, 2.75) is 43.5 Å². The van der Waals surface area contributed by atoms with Crippen molar-refractivity contribution in [2.24, 2.45) is 5.92 Å². The van der Waals surface area contributed by atoms with Crippen molar-refractivity contribution in [3.8, 4) is 0 Å². The zero-order valence-corrected chi connectivity index (χ0v) is 14.2. The minimum atomic E-state index is -3.03. The number of rotatable bonds is 3. The van der Waals surface area contributed by atoms with Crippen LogP contribution in [0.3, 0.4) is 0 Å². The molecule has 0 amide bonds. The van der Waals surface area contributed by atoms with Gasteiger partial charge in [0, 0.05) is 10.7 Å². The predicted octanol–water partition coefficient (Wildman–Crippen LogP) is 3.26. The molecule has 0 aromatic heterocycles. The van der Waals surface area contributed by atoms with Gasteiger partial charge in [-0.2, -0.15) is 0 Å². The van der Waals surface area contributed by atoms with Crippen molar-refractivity contribution in [1.29, 1.82) is 0 Å². The second-order valence-electron chi connectivity index (χ2n) is 5.97. The van der Waals surface area contributed by atoms with Crippen LogP contribution in [0.5, 0.6) is 0 Å². The molecule has 0 radical (unpaired) electrons. The molecule has 0 aliphatic heterocycles. The van der Waals surface area contributed by atoms with Crippen molar-refractivity contribution in [3.63, 3.8) is 0 Å². The summed E-state index contributed by atoms with van der Waals surface area (Å²) in [5.41, 5.74) is -0.135. The molecule has 0 bridgehead atoms. The SMILES string of the molecule is CC(O)(c1ccc(Br)cc1)C1CCCC(S(C)(=O)=O)C1. The Morgan fingerprint density at radius 1 is 1.25 bits per heavy atom. The first-order valence-electron chi connectivity index (χ1n) is 6.88. The van der Waals surface area contributed by atoms with Crippen LogP contribution in [0.4, 0.5) is 0 Å². The zero-order chi connectivity index (χ0) is 15.0. The fourth-order valence-corrected chi connectivity index (χ4v) is 4.51. The maximum atomic E-state index is 11.8. The first kappa shape index (κ1) is 16.0. The second kappa shape index (κ2) is 5.78. The third-order valence-electron chi connectivity index (χ3n) is 4.46. The molecule has 1 N–H and O–H groups in total. The molecule has 5 heteroatoms. The van der Waals surface area contributed by atoms with Gasteiger partial charge in [0.15, 0.2) is 0 Å². The van der Waals surface area contributed by atoms with Gasteiger partial charge in [-0.1, -0.05) is 34.5 Å². The van der Waals surface area contributed by atoms with E-state index in [9.17, 15) is 13.5 Å². The summed E-state index contributed by atoms with van der Waals surface area (Å²) in [7, 11) is -3.03. The molecule has 1 aromatic rings. The molecule has 0 spiro atoms. The Morgan fingerprint density at radius 3 is 2.40 bits per heavy atom. The zero-order valence-electron chi connectivity index (χ0n) is 11.8. The molecule has 2 rings (SSSR count). The van der Waals surface area contributed by atoms with E-state index in [2.05, 4.69) is 15.9 Å². The van der Waals surface area contributed by atoms with Crippen LogP contribution in [-0.4, -0.2) is 25.0 Å². The minimum absolute atomic E-state index is 0.0165. The van der Waals surface area contributed by atoms with E-state index in [1.165, 1.54) is 6.26 Å². The average molecular weight is 361 g/mol. The number of benzene rings is 1. The number of hydrogen-bond acceptors (Lipinski definition) is 3. The lowest BCUT2D eigenvalue weighted by Crippen LogP contribution is -2.38. The van der Waals surface area contributed by atoms with E-state index in [1.807, 2.05) is 24.3 Å². The molecule has 20 heavy (non-hydrogen) atoms. The van der Waals surface area contributed by atoms with Crippen molar-refractivity contribution in [1.82, 2.24) is 0 Å². The van der Waals surface area contributed by atoms with E-state index < -0.39 is 15.4 Å². The lowest BCUT2D eigenvalue weighted by molar-refractivity contribution is -0.0208. The van der Waals surface area contributed by atoms with Gasteiger partial charge >= 0.3 is 0 Å². The summed E-state index contributed by atoms with van der Waals surface area (Å²) in [6, 6.07) is 7.60. The highest BCUT2D eigenvalue weighted by Crippen LogP contribution is 2.40. The summed E-state index contributed by atoms with van der Waals surface area (Å²) >= 11 is 3.38. The molecule has 1 aliphatic rings. The van der Waals surface area contributed by atoms with Gasteiger partial charge in [0.1, 0.15) is 9.84 Å². The van der Waals surface area contributed by atoms with Crippen LogP contribution in [-0.2, 0) is 15.4 Å². The van der Waals surface area contributed by atoms with Crippen LogP contribution >= 0.6 is 15.9 Å². The van der Waals surface area contributed by atoms with Crippen LogP contribution in [0.1, 0.15) is 38.2 Å². The number of sulfone groups is 1. The van der Waals surface area contributed by atoms with Crippen LogP contribution in [0.15, 0.2) is 28.7 Å². The molecule has 3 atom stereocenters. The normalized spacial score (nSPS) is 27.0. The quantitative estimate of drug-likeness (QED) is 0.899. The Kier molecular flexibility index (Phi) is 4.62. The molecule has 1 aliphatic carbocycles. The molecule has 1 fully saturated rings. The van der Waals surface area contributed by atoms with Crippen molar-refractivity contribution in [3.05, 3.63) is 34.3 Å². The molecular formula is C15H21BrO3S. The molecule has 0 saturated heterocycles. The smallest absolute Gasteiger partial charge is 0.150 e. The molecule has 0 heterocycles. The van der Waals surface area contributed by atoms with Crippen molar-refractivity contribution in [2.75, 3.05) is 6.26 Å². The van der Waals surface area contributed by atoms with Gasteiger partial charge in [0.05, 0.1) is 10.9 Å². The van der Waals surface area contributed by atoms with Crippen molar-refractivity contribution < 1.29 is 13.5 Å². The summed E-state index contributed by atoms with van der Waals surface area (Å²) in [4.78, 5) is 0. The van der Waals surface area contributed by atoms with Crippen LogP contribution < -0.4 is 0 Å². The predicted molar refractivity (Wildman–Crippen MR) is 84.3 cm³/mol. The number of aliphatic hydroxyl groups is 1. The summed E-state index contributed by atoms with van der Waals surface area (Å²) in [5, 5.41) is 10.6. The largest absolute Gasteiger partial charge is 0.385 e. The lowest BCUT2D eigenvalue weighted by Gasteiger charge is -2.38. The number of halogens is 1. The lowest BCUT2D eigenvalue weighted by atomic mass is 9.74. The molecular weight excluding hydrogens is 340 g/mol. The van der Waals surface area contributed by atoms with E-state index in [0.717, 1.165) is 22.9 Å². The minimum Gasteiger partial charge on any atom is -0.385 e. The Bertz CT molecular complexity index is 563. The topological polar surface area (TPSA) is 54.4 Å². The summed E-state index contributed by atoms with van der Waals surface area (Å²) < 4.78 is 24.5. The highest BCUT2D eigenvalue weighted by atomic mass is 79.9. The Morgan fingerprint density at radius 2 is 1.85 bits per heavy atom. The Hall–Kier alpha value is -0.390. The summed E-state index contributed by atoms with van der Waals surface area (Å²) in [5.74, 6) is -0.0165. The van der Waals surface area contributed by atoms with Gasteiger partial charge < -0.3 is 5.11 Å². The van der Waals surface area contributed by atoms with Crippen LogP contribution in [0.25, 0.3) is 0 Å². The first-order chi connectivity index (χ1) is 9.21. The average Bonchev–Trinajstić information content (AvgIpc) is 2.38. The Balaban J connectivity index is 2.23. The highest BCUT2D eigenvalue weighted by Gasteiger charge is 2.39. The maximum absolute atomic E-state index is 11.8. The van der Waals surface area contributed by atoms with Gasteiger partial charge in [-0.25, -0.2) is 8.42 Å². The van der Waals surface area contributed by atoms with Gasteiger partial charge in [0.25, 0.3) is 0 Å². The Labute approximate surface area is 129 Å².